The van der Waals surface area contributed by atoms with Crippen molar-refractivity contribution in [2.75, 3.05) is 0 Å². The molecule has 2 heterocycles. The third-order valence-electron chi connectivity index (χ3n) is 3.41. The van der Waals surface area contributed by atoms with Crippen LogP contribution in [0, 0.1) is 17.0 Å². The van der Waals surface area contributed by atoms with Crippen LogP contribution in [0.15, 0.2) is 45.9 Å². The van der Waals surface area contributed by atoms with Crippen molar-refractivity contribution >= 4 is 27.1 Å². The summed E-state index contributed by atoms with van der Waals surface area (Å²) in [6.45, 7) is 1.90. The summed E-state index contributed by atoms with van der Waals surface area (Å²) >= 11 is 3.46. The number of halogens is 1. The van der Waals surface area contributed by atoms with Crippen molar-refractivity contribution in [3.63, 3.8) is 0 Å². The van der Waals surface area contributed by atoms with Gasteiger partial charge in [-0.1, -0.05) is 0 Å². The van der Waals surface area contributed by atoms with Gasteiger partial charge in [-0.25, -0.2) is 0 Å². The lowest BCUT2D eigenvalue weighted by molar-refractivity contribution is -0.384. The van der Waals surface area contributed by atoms with E-state index in [9.17, 15) is 14.9 Å². The maximum absolute atomic E-state index is 11.9. The van der Waals surface area contributed by atoms with Gasteiger partial charge in [0.2, 0.25) is 0 Å². The minimum absolute atomic E-state index is 0.0362. The van der Waals surface area contributed by atoms with Gasteiger partial charge in [0.05, 0.1) is 9.40 Å². The highest BCUT2D eigenvalue weighted by Crippen LogP contribution is 2.36. The molecule has 6 nitrogen and oxygen atoms in total. The summed E-state index contributed by atoms with van der Waals surface area (Å²) in [5.41, 5.74) is 2.91. The second-order valence-electron chi connectivity index (χ2n) is 4.59. The number of nitro benzene ring substituents is 1. The molecule has 3 rings (SSSR count). The zero-order valence-corrected chi connectivity index (χ0v) is 12.5. The number of aromatic amines is 1. The SMILES string of the molecule is Cc1c(-c2ccc([N+](=O)[O-])cc2)c(Br)c2c(=O)[nH]ccn12. The number of aromatic nitrogens is 2. The summed E-state index contributed by atoms with van der Waals surface area (Å²) < 4.78 is 2.47. The number of rotatable bonds is 2. The fraction of sp³-hybridized carbons (Fsp3) is 0.0714. The zero-order valence-electron chi connectivity index (χ0n) is 11.0. The molecule has 0 radical (unpaired) electrons. The number of nitrogens with zero attached hydrogens (tertiary/aromatic N) is 2. The Morgan fingerprint density at radius 2 is 1.95 bits per heavy atom. The van der Waals surface area contributed by atoms with E-state index in [1.54, 1.807) is 28.9 Å². The van der Waals surface area contributed by atoms with E-state index in [2.05, 4.69) is 20.9 Å². The number of hydrogen-bond acceptors (Lipinski definition) is 3. The third-order valence-corrected chi connectivity index (χ3v) is 4.18. The molecule has 0 fully saturated rings. The van der Waals surface area contributed by atoms with Crippen LogP contribution in [-0.4, -0.2) is 14.3 Å². The summed E-state index contributed by atoms with van der Waals surface area (Å²) in [5.74, 6) is 0. The van der Waals surface area contributed by atoms with Crippen molar-refractivity contribution in [2.24, 2.45) is 0 Å². The molecule has 0 spiro atoms. The molecule has 106 valence electrons. The molecule has 2 aromatic heterocycles. The second-order valence-corrected chi connectivity index (χ2v) is 5.38. The van der Waals surface area contributed by atoms with E-state index < -0.39 is 4.92 Å². The van der Waals surface area contributed by atoms with E-state index >= 15 is 0 Å². The molecule has 0 aliphatic heterocycles. The molecular weight excluding hydrogens is 338 g/mol. The predicted molar refractivity (Wildman–Crippen MR) is 82.5 cm³/mol. The standard InChI is InChI=1S/C14H10BrN3O3/c1-8-11(9-2-4-10(5-3-9)18(20)21)12(15)13-14(19)16-6-7-17(8)13/h2-7H,1H3,(H,16,19). The van der Waals surface area contributed by atoms with Crippen molar-refractivity contribution in [3.05, 3.63) is 67.3 Å². The Morgan fingerprint density at radius 1 is 1.29 bits per heavy atom. The van der Waals surface area contributed by atoms with Gasteiger partial charge >= 0.3 is 0 Å². The molecule has 0 aliphatic rings. The summed E-state index contributed by atoms with van der Waals surface area (Å²) in [5, 5.41) is 10.7. The third kappa shape index (κ3) is 2.06. The molecule has 3 aromatic rings. The highest BCUT2D eigenvalue weighted by molar-refractivity contribution is 9.10. The van der Waals surface area contributed by atoms with Gasteiger partial charge in [0.15, 0.2) is 0 Å². The van der Waals surface area contributed by atoms with E-state index in [0.717, 1.165) is 16.8 Å². The van der Waals surface area contributed by atoms with E-state index in [1.165, 1.54) is 12.1 Å². The van der Waals surface area contributed by atoms with Crippen LogP contribution in [0.25, 0.3) is 16.6 Å². The summed E-state index contributed by atoms with van der Waals surface area (Å²) in [4.78, 5) is 24.9. The van der Waals surface area contributed by atoms with Crippen LogP contribution in [0.2, 0.25) is 0 Å². The normalized spacial score (nSPS) is 11.0. The number of fused-ring (bicyclic) bond motifs is 1. The molecule has 21 heavy (non-hydrogen) atoms. The van der Waals surface area contributed by atoms with Crippen LogP contribution in [0.1, 0.15) is 5.69 Å². The minimum Gasteiger partial charge on any atom is -0.326 e. The Labute approximate surface area is 127 Å². The molecule has 0 saturated heterocycles. The average Bonchev–Trinajstić information content (AvgIpc) is 2.72. The molecular formula is C14H10BrN3O3. The first-order chi connectivity index (χ1) is 10.0. The summed E-state index contributed by atoms with van der Waals surface area (Å²) in [6.07, 6.45) is 3.35. The zero-order chi connectivity index (χ0) is 15.1. The Morgan fingerprint density at radius 3 is 2.52 bits per heavy atom. The lowest BCUT2D eigenvalue weighted by Crippen LogP contribution is -2.08. The van der Waals surface area contributed by atoms with Crippen LogP contribution in [0.4, 0.5) is 5.69 Å². The second kappa shape index (κ2) is 4.85. The smallest absolute Gasteiger partial charge is 0.273 e. The maximum Gasteiger partial charge on any atom is 0.273 e. The molecule has 0 bridgehead atoms. The lowest BCUT2D eigenvalue weighted by Gasteiger charge is -2.02. The summed E-state index contributed by atoms with van der Waals surface area (Å²) in [6, 6.07) is 6.26. The van der Waals surface area contributed by atoms with Crippen LogP contribution in [0.3, 0.4) is 0 Å². The molecule has 1 aromatic carbocycles. The predicted octanol–water partition coefficient (Wildman–Crippen LogP) is 3.27. The number of aryl methyl sites for hydroxylation is 1. The van der Waals surface area contributed by atoms with E-state index in [1.807, 2.05) is 6.92 Å². The average molecular weight is 348 g/mol. The number of nitrogens with one attached hydrogen (secondary N) is 1. The monoisotopic (exact) mass is 347 g/mol. The van der Waals surface area contributed by atoms with E-state index in [0.29, 0.717) is 9.99 Å². The fourth-order valence-electron chi connectivity index (χ4n) is 2.41. The molecule has 0 saturated carbocycles. The number of benzene rings is 1. The first kappa shape index (κ1) is 13.6. The van der Waals surface area contributed by atoms with Crippen molar-refractivity contribution in [1.82, 2.24) is 9.38 Å². The topological polar surface area (TPSA) is 80.4 Å². The van der Waals surface area contributed by atoms with Gasteiger partial charge < -0.3 is 9.38 Å². The maximum atomic E-state index is 11.9. The van der Waals surface area contributed by atoms with Crippen molar-refractivity contribution < 1.29 is 4.92 Å². The van der Waals surface area contributed by atoms with Gasteiger partial charge in [-0.05, 0) is 40.5 Å². The minimum atomic E-state index is -0.438. The number of H-pyrrole nitrogens is 1. The summed E-state index contributed by atoms with van der Waals surface area (Å²) in [7, 11) is 0. The Hall–Kier alpha value is -2.41. The first-order valence-corrected chi connectivity index (χ1v) is 6.92. The number of hydrogen-bond donors (Lipinski definition) is 1. The Balaban J connectivity index is 2.28. The van der Waals surface area contributed by atoms with Crippen LogP contribution in [0.5, 0.6) is 0 Å². The van der Waals surface area contributed by atoms with Crippen molar-refractivity contribution in [2.45, 2.75) is 6.92 Å². The van der Waals surface area contributed by atoms with Gasteiger partial charge in [-0.3, -0.25) is 14.9 Å². The van der Waals surface area contributed by atoms with E-state index in [-0.39, 0.29) is 11.2 Å². The quantitative estimate of drug-likeness (QED) is 0.570. The lowest BCUT2D eigenvalue weighted by atomic mass is 10.1. The highest BCUT2D eigenvalue weighted by atomic mass is 79.9. The van der Waals surface area contributed by atoms with Gasteiger partial charge in [0, 0.05) is 35.8 Å². The first-order valence-electron chi connectivity index (χ1n) is 6.13. The Bertz CT molecular complexity index is 910. The van der Waals surface area contributed by atoms with Crippen molar-refractivity contribution in [3.8, 4) is 11.1 Å². The van der Waals surface area contributed by atoms with Gasteiger partial charge in [0.1, 0.15) is 5.52 Å². The van der Waals surface area contributed by atoms with Gasteiger partial charge in [0.25, 0.3) is 11.2 Å². The molecule has 1 N–H and O–H groups in total. The molecule has 0 unspecified atom stereocenters. The molecule has 0 atom stereocenters. The van der Waals surface area contributed by atoms with Crippen molar-refractivity contribution in [1.29, 1.82) is 0 Å². The van der Waals surface area contributed by atoms with Crippen LogP contribution >= 0.6 is 15.9 Å². The number of nitro groups is 1. The molecule has 0 aliphatic carbocycles. The van der Waals surface area contributed by atoms with E-state index in [4.69, 9.17) is 0 Å². The fourth-order valence-corrected chi connectivity index (χ4v) is 3.29. The molecule has 7 heteroatoms. The molecule has 0 amide bonds. The largest absolute Gasteiger partial charge is 0.326 e. The highest BCUT2D eigenvalue weighted by Gasteiger charge is 2.17. The van der Waals surface area contributed by atoms with Gasteiger partial charge in [-0.15, -0.1) is 0 Å². The van der Waals surface area contributed by atoms with Crippen LogP contribution < -0.4 is 5.56 Å². The number of non-ortho nitro benzene ring substituents is 1. The Kier molecular flexibility index (Phi) is 3.13. The van der Waals surface area contributed by atoms with Gasteiger partial charge in [-0.2, -0.15) is 0 Å². The van der Waals surface area contributed by atoms with Crippen LogP contribution in [-0.2, 0) is 0 Å².